The van der Waals surface area contributed by atoms with Crippen molar-refractivity contribution >= 4 is 11.6 Å². The van der Waals surface area contributed by atoms with E-state index in [0.717, 1.165) is 30.5 Å². The summed E-state index contributed by atoms with van der Waals surface area (Å²) in [6.07, 6.45) is -3.40. The number of ether oxygens (including phenoxy) is 2. The van der Waals surface area contributed by atoms with Gasteiger partial charge in [0.1, 0.15) is 12.4 Å². The first-order chi connectivity index (χ1) is 11.8. The van der Waals surface area contributed by atoms with Crippen molar-refractivity contribution in [1.82, 2.24) is 4.98 Å². The predicted octanol–water partition coefficient (Wildman–Crippen LogP) is 2.67. The van der Waals surface area contributed by atoms with E-state index in [1.807, 2.05) is 0 Å². The Morgan fingerprint density at radius 1 is 1.20 bits per heavy atom. The third-order valence-corrected chi connectivity index (χ3v) is 3.15. The molecule has 6 nitrogen and oxygen atoms in total. The summed E-state index contributed by atoms with van der Waals surface area (Å²) in [5, 5.41) is 2.36. The van der Waals surface area contributed by atoms with Crippen LogP contribution in [0.5, 0.6) is 5.75 Å². The Labute approximate surface area is 140 Å². The molecule has 134 valence electrons. The van der Waals surface area contributed by atoms with Gasteiger partial charge in [-0.3, -0.25) is 9.59 Å². The fraction of sp³-hybridized carbons (Fsp3) is 0.250. The Balaban J connectivity index is 2.29. The highest BCUT2D eigenvalue weighted by Gasteiger charge is 2.31. The molecule has 0 saturated heterocycles. The number of methoxy groups -OCH3 is 1. The highest BCUT2D eigenvalue weighted by atomic mass is 19.4. The fourth-order valence-corrected chi connectivity index (χ4v) is 1.91. The van der Waals surface area contributed by atoms with Crippen molar-refractivity contribution in [3.63, 3.8) is 0 Å². The molecule has 1 aromatic heterocycles. The summed E-state index contributed by atoms with van der Waals surface area (Å²) in [6.45, 7) is 0.331. The Morgan fingerprint density at radius 3 is 2.56 bits per heavy atom. The van der Waals surface area contributed by atoms with Crippen molar-refractivity contribution in [2.45, 2.75) is 6.18 Å². The molecule has 0 unspecified atom stereocenters. The van der Waals surface area contributed by atoms with Gasteiger partial charge in [0, 0.05) is 19.4 Å². The predicted molar refractivity (Wildman–Crippen MR) is 83.8 cm³/mol. The zero-order valence-electron chi connectivity index (χ0n) is 13.1. The van der Waals surface area contributed by atoms with Crippen LogP contribution in [0.4, 0.5) is 18.9 Å². The monoisotopic (exact) mass is 356 g/mol. The maximum Gasteiger partial charge on any atom is 0.416 e. The Hall–Kier alpha value is -2.81. The van der Waals surface area contributed by atoms with Gasteiger partial charge in [-0.2, -0.15) is 13.2 Å². The molecule has 0 bridgehead atoms. The second kappa shape index (κ2) is 7.84. The molecule has 1 heterocycles. The van der Waals surface area contributed by atoms with Gasteiger partial charge in [-0.05, 0) is 24.3 Å². The van der Waals surface area contributed by atoms with Gasteiger partial charge in [-0.25, -0.2) is 0 Å². The van der Waals surface area contributed by atoms with Crippen molar-refractivity contribution in [3.8, 4) is 5.75 Å². The van der Waals surface area contributed by atoms with E-state index < -0.39 is 23.2 Å². The lowest BCUT2D eigenvalue weighted by Gasteiger charge is -2.15. The lowest BCUT2D eigenvalue weighted by atomic mass is 10.1. The van der Waals surface area contributed by atoms with Crippen molar-refractivity contribution in [2.24, 2.45) is 0 Å². The van der Waals surface area contributed by atoms with Crippen molar-refractivity contribution in [1.29, 1.82) is 0 Å². The molecule has 0 fully saturated rings. The topological polar surface area (TPSA) is 80.4 Å². The molecule has 1 aromatic carbocycles. The number of benzene rings is 1. The molecular formula is C16H15F3N2O4. The summed E-state index contributed by atoms with van der Waals surface area (Å²) in [5.74, 6) is -0.616. The first-order valence-electron chi connectivity index (χ1n) is 7.14. The number of carbonyl (C=O) groups is 1. The number of aromatic amines is 1. The van der Waals surface area contributed by atoms with E-state index in [1.54, 1.807) is 0 Å². The van der Waals surface area contributed by atoms with E-state index in [9.17, 15) is 22.8 Å². The molecule has 2 aromatic rings. The van der Waals surface area contributed by atoms with Gasteiger partial charge in [0.15, 0.2) is 0 Å². The molecule has 0 saturated carbocycles. The summed E-state index contributed by atoms with van der Waals surface area (Å²) < 4.78 is 48.8. The highest BCUT2D eigenvalue weighted by Crippen LogP contribution is 2.35. The Morgan fingerprint density at radius 2 is 1.96 bits per heavy atom. The first kappa shape index (κ1) is 18.5. The molecule has 25 heavy (non-hydrogen) atoms. The highest BCUT2D eigenvalue weighted by molar-refractivity contribution is 6.04. The Bertz CT molecular complexity index is 782. The summed E-state index contributed by atoms with van der Waals surface area (Å²) >= 11 is 0. The van der Waals surface area contributed by atoms with E-state index in [2.05, 4.69) is 10.3 Å². The van der Waals surface area contributed by atoms with Crippen LogP contribution in [-0.4, -0.2) is 31.2 Å². The van der Waals surface area contributed by atoms with Crippen LogP contribution in [0.15, 0.2) is 41.3 Å². The number of carbonyl (C=O) groups excluding carboxylic acids is 1. The summed E-state index contributed by atoms with van der Waals surface area (Å²) in [6, 6.07) is 5.16. The number of hydrogen-bond donors (Lipinski definition) is 2. The van der Waals surface area contributed by atoms with Gasteiger partial charge in [-0.15, -0.1) is 0 Å². The van der Waals surface area contributed by atoms with E-state index in [4.69, 9.17) is 9.47 Å². The van der Waals surface area contributed by atoms with Crippen LogP contribution < -0.4 is 15.6 Å². The van der Waals surface area contributed by atoms with Gasteiger partial charge < -0.3 is 19.8 Å². The van der Waals surface area contributed by atoms with Crippen LogP contribution in [0.2, 0.25) is 0 Å². The third kappa shape index (κ3) is 5.08. The van der Waals surface area contributed by atoms with Gasteiger partial charge in [0.2, 0.25) is 5.56 Å². The van der Waals surface area contributed by atoms with E-state index >= 15 is 0 Å². The van der Waals surface area contributed by atoms with Crippen LogP contribution in [0.1, 0.15) is 15.9 Å². The zero-order chi connectivity index (χ0) is 18.4. The molecule has 0 aliphatic carbocycles. The quantitative estimate of drug-likeness (QED) is 0.780. The number of anilines is 1. The molecule has 2 rings (SSSR count). The Kier molecular flexibility index (Phi) is 5.81. The number of rotatable bonds is 6. The minimum atomic E-state index is -4.57. The number of aromatic nitrogens is 1. The van der Waals surface area contributed by atoms with Crippen LogP contribution in [0, 0.1) is 0 Å². The fourth-order valence-electron chi connectivity index (χ4n) is 1.91. The van der Waals surface area contributed by atoms with Crippen LogP contribution in [0.3, 0.4) is 0 Å². The minimum Gasteiger partial charge on any atom is -0.489 e. The second-order valence-electron chi connectivity index (χ2n) is 4.95. The van der Waals surface area contributed by atoms with Crippen LogP contribution in [0.25, 0.3) is 0 Å². The maximum absolute atomic E-state index is 12.9. The van der Waals surface area contributed by atoms with Gasteiger partial charge in [0.25, 0.3) is 5.91 Å². The number of alkyl halides is 3. The van der Waals surface area contributed by atoms with E-state index in [-0.39, 0.29) is 30.2 Å². The number of halogens is 3. The second-order valence-corrected chi connectivity index (χ2v) is 4.95. The average molecular weight is 356 g/mol. The number of H-pyrrole nitrogens is 1. The minimum absolute atomic E-state index is 0.0721. The van der Waals surface area contributed by atoms with E-state index in [0.29, 0.717) is 0 Å². The zero-order valence-corrected chi connectivity index (χ0v) is 13.1. The van der Waals surface area contributed by atoms with Crippen LogP contribution >= 0.6 is 0 Å². The summed E-state index contributed by atoms with van der Waals surface area (Å²) in [4.78, 5) is 25.5. The van der Waals surface area contributed by atoms with Crippen molar-refractivity contribution in [3.05, 3.63) is 58.0 Å². The average Bonchev–Trinajstić information content (AvgIpc) is 2.56. The van der Waals surface area contributed by atoms with Crippen molar-refractivity contribution in [2.75, 3.05) is 25.6 Å². The number of hydrogen-bond acceptors (Lipinski definition) is 4. The van der Waals surface area contributed by atoms with Gasteiger partial charge in [-0.1, -0.05) is 0 Å². The molecule has 0 spiro atoms. The molecule has 0 aliphatic rings. The molecule has 1 amide bonds. The number of pyridine rings is 1. The standard InChI is InChI=1S/C16H15F3N2O4/c1-24-6-7-25-13-4-3-11(16(17,18)19)8-12(13)21-15(23)10-2-5-14(22)20-9-10/h2-5,8-9H,6-7H2,1H3,(H,20,22)(H,21,23). The lowest BCUT2D eigenvalue weighted by molar-refractivity contribution is -0.137. The SMILES string of the molecule is COCCOc1ccc(C(F)(F)F)cc1NC(=O)c1ccc(=O)[nH]c1. The van der Waals surface area contributed by atoms with Gasteiger partial charge in [0.05, 0.1) is 23.4 Å². The number of nitrogens with one attached hydrogen (secondary N) is 2. The number of amides is 1. The normalized spacial score (nSPS) is 11.2. The largest absolute Gasteiger partial charge is 0.489 e. The third-order valence-electron chi connectivity index (χ3n) is 3.15. The first-order valence-corrected chi connectivity index (χ1v) is 7.14. The molecule has 2 N–H and O–H groups in total. The molecular weight excluding hydrogens is 341 g/mol. The maximum atomic E-state index is 12.9. The molecule has 0 radical (unpaired) electrons. The van der Waals surface area contributed by atoms with E-state index in [1.165, 1.54) is 13.2 Å². The summed E-state index contributed by atoms with van der Waals surface area (Å²) in [7, 11) is 1.45. The smallest absolute Gasteiger partial charge is 0.416 e. The van der Waals surface area contributed by atoms with Crippen molar-refractivity contribution < 1.29 is 27.4 Å². The lowest BCUT2D eigenvalue weighted by Crippen LogP contribution is -2.16. The molecule has 0 atom stereocenters. The van der Waals surface area contributed by atoms with Gasteiger partial charge >= 0.3 is 6.18 Å². The molecule has 9 heteroatoms. The summed E-state index contributed by atoms with van der Waals surface area (Å²) in [5.41, 5.74) is -1.38. The molecule has 0 aliphatic heterocycles. The van der Waals surface area contributed by atoms with Crippen LogP contribution in [-0.2, 0) is 10.9 Å².